The molecule has 29 heavy (non-hydrogen) atoms. The summed E-state index contributed by atoms with van der Waals surface area (Å²) in [4.78, 5) is 16.9. The van der Waals surface area contributed by atoms with E-state index in [4.69, 9.17) is 9.47 Å². The van der Waals surface area contributed by atoms with Crippen LogP contribution in [0.2, 0.25) is 0 Å². The molecule has 5 heteroatoms. The minimum atomic E-state index is -0.0844. The van der Waals surface area contributed by atoms with E-state index in [1.54, 1.807) is 25.6 Å². The van der Waals surface area contributed by atoms with Gasteiger partial charge in [-0.05, 0) is 58.7 Å². The summed E-state index contributed by atoms with van der Waals surface area (Å²) in [5.41, 5.74) is 4.83. The van der Waals surface area contributed by atoms with Crippen LogP contribution in [0.4, 0.5) is 0 Å². The lowest BCUT2D eigenvalue weighted by Crippen LogP contribution is -2.45. The van der Waals surface area contributed by atoms with Crippen molar-refractivity contribution in [3.63, 3.8) is 0 Å². The Kier molecular flexibility index (Phi) is 4.55. The molecule has 5 rings (SSSR count). The lowest BCUT2D eigenvalue weighted by molar-refractivity contribution is -0.135. The van der Waals surface area contributed by atoms with Gasteiger partial charge in [-0.25, -0.2) is 0 Å². The van der Waals surface area contributed by atoms with E-state index in [0.717, 1.165) is 24.2 Å². The number of hydrogen-bond acceptors (Lipinski definition) is 4. The topological polar surface area (TPSA) is 38.8 Å². The average Bonchev–Trinajstić information content (AvgIpc) is 3.27. The van der Waals surface area contributed by atoms with Crippen molar-refractivity contribution < 1.29 is 14.3 Å². The van der Waals surface area contributed by atoms with Gasteiger partial charge in [0.25, 0.3) is 0 Å². The maximum atomic E-state index is 13.6. The van der Waals surface area contributed by atoms with E-state index in [1.165, 1.54) is 21.6 Å². The minimum Gasteiger partial charge on any atom is -0.493 e. The predicted molar refractivity (Wildman–Crippen MR) is 114 cm³/mol. The van der Waals surface area contributed by atoms with Gasteiger partial charge in [-0.2, -0.15) is 0 Å². The van der Waals surface area contributed by atoms with E-state index in [1.807, 2.05) is 18.2 Å². The number of benzene rings is 2. The Morgan fingerprint density at radius 1 is 1.00 bits per heavy atom. The van der Waals surface area contributed by atoms with Gasteiger partial charge in [0.05, 0.1) is 26.2 Å². The maximum absolute atomic E-state index is 13.6. The lowest BCUT2D eigenvalue weighted by Gasteiger charge is -2.41. The van der Waals surface area contributed by atoms with E-state index in [0.29, 0.717) is 12.3 Å². The normalized spacial score (nSPS) is 19.7. The predicted octanol–water partition coefficient (Wildman–Crippen LogP) is 4.58. The summed E-state index contributed by atoms with van der Waals surface area (Å²) in [5.74, 6) is 1.64. The van der Waals surface area contributed by atoms with Crippen LogP contribution in [0.3, 0.4) is 0 Å². The standard InChI is InChI=1S/C24H23NO3S/c1-27-20-13-16-9-10-25(24(26)19-12-15-6-3-4-7-17(15)19)23(22-8-5-11-29-22)18(16)14-21(20)28-2/h3-8,11,13-14,19,23H,9-10,12H2,1-2H3/t19-,23+/m0/s1. The third-order valence-electron chi connectivity index (χ3n) is 6.12. The summed E-state index contributed by atoms with van der Waals surface area (Å²) in [6, 6.07) is 16.5. The number of carbonyl (C=O) groups is 1. The van der Waals surface area contributed by atoms with Gasteiger partial charge in [0.1, 0.15) is 0 Å². The van der Waals surface area contributed by atoms with Gasteiger partial charge < -0.3 is 14.4 Å². The van der Waals surface area contributed by atoms with E-state index < -0.39 is 0 Å². The van der Waals surface area contributed by atoms with Gasteiger partial charge >= 0.3 is 0 Å². The SMILES string of the molecule is COc1cc2c(cc1OC)[C@H](c1cccs1)N(C(=O)[C@H]1Cc3ccccc31)CC2. The van der Waals surface area contributed by atoms with Gasteiger partial charge in [0.2, 0.25) is 5.91 Å². The highest BCUT2D eigenvalue weighted by Gasteiger charge is 2.40. The number of ether oxygens (including phenoxy) is 2. The summed E-state index contributed by atoms with van der Waals surface area (Å²) < 4.78 is 11.1. The summed E-state index contributed by atoms with van der Waals surface area (Å²) in [5, 5.41) is 2.08. The van der Waals surface area contributed by atoms with E-state index >= 15 is 0 Å². The Hall–Kier alpha value is -2.79. The molecule has 4 nitrogen and oxygen atoms in total. The molecule has 1 amide bonds. The van der Waals surface area contributed by atoms with Crippen LogP contribution in [0, 0.1) is 0 Å². The molecule has 0 radical (unpaired) electrons. The molecule has 0 saturated heterocycles. The fourth-order valence-corrected chi connectivity index (χ4v) is 5.47. The quantitative estimate of drug-likeness (QED) is 0.638. The first-order valence-corrected chi connectivity index (χ1v) is 10.8. The Balaban J connectivity index is 1.56. The molecule has 0 unspecified atom stereocenters. The highest BCUT2D eigenvalue weighted by molar-refractivity contribution is 7.10. The molecular formula is C24H23NO3S. The number of nitrogens with zero attached hydrogens (tertiary/aromatic N) is 1. The molecule has 1 aliphatic heterocycles. The number of thiophene rings is 1. The molecule has 1 aromatic heterocycles. The number of fused-ring (bicyclic) bond motifs is 2. The Labute approximate surface area is 174 Å². The first kappa shape index (κ1) is 18.3. The molecule has 0 N–H and O–H groups in total. The molecule has 0 fully saturated rings. The molecule has 0 bridgehead atoms. The van der Waals surface area contributed by atoms with Gasteiger partial charge in [0, 0.05) is 11.4 Å². The molecule has 0 saturated carbocycles. The molecule has 3 aromatic rings. The van der Waals surface area contributed by atoms with Gasteiger partial charge in [-0.3, -0.25) is 4.79 Å². The van der Waals surface area contributed by atoms with Crippen molar-refractivity contribution in [2.24, 2.45) is 0 Å². The first-order chi connectivity index (χ1) is 14.2. The fourth-order valence-electron chi connectivity index (χ4n) is 4.62. The number of carbonyl (C=O) groups excluding carboxylic acids is 1. The van der Waals surface area contributed by atoms with E-state index in [9.17, 15) is 4.79 Å². The second-order valence-corrected chi connectivity index (χ2v) is 8.54. The largest absolute Gasteiger partial charge is 0.493 e. The molecule has 2 atom stereocenters. The van der Waals surface area contributed by atoms with E-state index in [-0.39, 0.29) is 17.9 Å². The van der Waals surface area contributed by atoms with Crippen LogP contribution in [0.25, 0.3) is 0 Å². The zero-order valence-electron chi connectivity index (χ0n) is 16.6. The zero-order valence-corrected chi connectivity index (χ0v) is 17.4. The third-order valence-corrected chi connectivity index (χ3v) is 7.05. The lowest BCUT2D eigenvalue weighted by atomic mass is 9.76. The van der Waals surface area contributed by atoms with Crippen LogP contribution in [0.5, 0.6) is 11.5 Å². The third kappa shape index (κ3) is 2.92. The monoisotopic (exact) mass is 405 g/mol. The highest BCUT2D eigenvalue weighted by atomic mass is 32.1. The van der Waals surface area contributed by atoms with Crippen LogP contribution in [-0.2, 0) is 17.6 Å². The van der Waals surface area contributed by atoms with Gasteiger partial charge in [-0.15, -0.1) is 11.3 Å². The molecule has 148 valence electrons. The first-order valence-electron chi connectivity index (χ1n) is 9.87. The highest BCUT2D eigenvalue weighted by Crippen LogP contribution is 2.45. The van der Waals surface area contributed by atoms with Crippen molar-refractivity contribution in [1.29, 1.82) is 0 Å². The molecule has 2 heterocycles. The zero-order chi connectivity index (χ0) is 20.0. The maximum Gasteiger partial charge on any atom is 0.231 e. The molecular weight excluding hydrogens is 382 g/mol. The van der Waals surface area contributed by atoms with Crippen LogP contribution in [0.1, 0.15) is 39.1 Å². The summed E-state index contributed by atoms with van der Waals surface area (Å²) in [6.07, 6.45) is 1.65. The number of amides is 1. The van der Waals surface area contributed by atoms with Crippen molar-refractivity contribution in [1.82, 2.24) is 4.90 Å². The second-order valence-electron chi connectivity index (χ2n) is 7.56. The average molecular weight is 406 g/mol. The smallest absolute Gasteiger partial charge is 0.231 e. The minimum absolute atomic E-state index is 0.0321. The van der Waals surface area contributed by atoms with Crippen LogP contribution < -0.4 is 9.47 Å². The molecule has 0 spiro atoms. The number of methoxy groups -OCH3 is 2. The fraction of sp³-hybridized carbons (Fsp3) is 0.292. The van der Waals surface area contributed by atoms with Crippen molar-refractivity contribution in [3.8, 4) is 11.5 Å². The van der Waals surface area contributed by atoms with E-state index in [2.05, 4.69) is 40.6 Å². The van der Waals surface area contributed by atoms with Crippen molar-refractivity contribution in [3.05, 3.63) is 81.0 Å². The second kappa shape index (κ2) is 7.23. The summed E-state index contributed by atoms with van der Waals surface area (Å²) >= 11 is 1.69. The Morgan fingerprint density at radius 3 is 2.52 bits per heavy atom. The summed E-state index contributed by atoms with van der Waals surface area (Å²) in [6.45, 7) is 0.711. The Morgan fingerprint density at radius 2 is 1.79 bits per heavy atom. The molecule has 2 aromatic carbocycles. The van der Waals surface area contributed by atoms with Crippen LogP contribution >= 0.6 is 11.3 Å². The van der Waals surface area contributed by atoms with Crippen LogP contribution in [0.15, 0.2) is 53.9 Å². The Bertz CT molecular complexity index is 1060. The number of rotatable bonds is 4. The van der Waals surface area contributed by atoms with Gasteiger partial charge in [0.15, 0.2) is 11.5 Å². The molecule has 1 aliphatic carbocycles. The van der Waals surface area contributed by atoms with Crippen LogP contribution in [-0.4, -0.2) is 31.6 Å². The van der Waals surface area contributed by atoms with Crippen molar-refractivity contribution >= 4 is 17.2 Å². The van der Waals surface area contributed by atoms with Gasteiger partial charge in [-0.1, -0.05) is 30.3 Å². The number of hydrogen-bond donors (Lipinski definition) is 0. The van der Waals surface area contributed by atoms with Crippen molar-refractivity contribution in [2.75, 3.05) is 20.8 Å². The van der Waals surface area contributed by atoms with Crippen molar-refractivity contribution in [2.45, 2.75) is 24.8 Å². The summed E-state index contributed by atoms with van der Waals surface area (Å²) in [7, 11) is 3.31. The molecule has 2 aliphatic rings.